The van der Waals surface area contributed by atoms with E-state index in [1.165, 1.54) is 24.3 Å². The quantitative estimate of drug-likeness (QED) is 0.417. The highest BCUT2D eigenvalue weighted by Crippen LogP contribution is 2.56. The monoisotopic (exact) mass is 530 g/mol. The molecule has 1 spiro atoms. The van der Waals surface area contributed by atoms with Crippen LogP contribution in [0.5, 0.6) is 0 Å². The van der Waals surface area contributed by atoms with Crippen LogP contribution in [0.3, 0.4) is 0 Å². The molecule has 0 amide bonds. The molecular weight excluding hydrogens is 501 g/mol. The molecule has 0 radical (unpaired) electrons. The second kappa shape index (κ2) is 8.17. The van der Waals surface area contributed by atoms with Crippen LogP contribution in [0, 0.1) is 19.3 Å². The van der Waals surface area contributed by atoms with E-state index in [4.69, 9.17) is 16.6 Å². The van der Waals surface area contributed by atoms with Gasteiger partial charge in [-0.25, -0.2) is 4.98 Å². The summed E-state index contributed by atoms with van der Waals surface area (Å²) in [4.78, 5) is 8.44. The lowest BCUT2D eigenvalue weighted by Gasteiger charge is -2.59. The van der Waals surface area contributed by atoms with Crippen molar-refractivity contribution in [2.75, 3.05) is 18.0 Å². The number of hydrogen-bond acceptors (Lipinski definition) is 5. The van der Waals surface area contributed by atoms with Gasteiger partial charge in [0.2, 0.25) is 0 Å². The second-order valence-electron chi connectivity index (χ2n) is 11.6. The van der Waals surface area contributed by atoms with Gasteiger partial charge in [0.1, 0.15) is 17.2 Å². The van der Waals surface area contributed by atoms with Crippen molar-refractivity contribution in [2.45, 2.75) is 71.3 Å². The number of fused-ring (bicyclic) bond motifs is 3. The van der Waals surface area contributed by atoms with Crippen molar-refractivity contribution in [2.24, 2.45) is 5.41 Å². The molecule has 1 saturated heterocycles. The molecular formula is C27H30ClF3N6. The third-order valence-corrected chi connectivity index (χ3v) is 8.64. The molecule has 1 aliphatic carbocycles. The van der Waals surface area contributed by atoms with Crippen LogP contribution in [-0.2, 0) is 13.1 Å². The molecule has 1 aromatic carbocycles. The highest BCUT2D eigenvalue weighted by molar-refractivity contribution is 6.30. The zero-order valence-electron chi connectivity index (χ0n) is 21.4. The highest BCUT2D eigenvalue weighted by Gasteiger charge is 2.55. The van der Waals surface area contributed by atoms with Crippen LogP contribution in [0.25, 0.3) is 5.69 Å². The summed E-state index contributed by atoms with van der Waals surface area (Å²) in [5, 5.41) is 9.44. The van der Waals surface area contributed by atoms with Gasteiger partial charge in [-0.05, 0) is 82.0 Å². The first-order chi connectivity index (χ1) is 17.3. The predicted octanol–water partition coefficient (Wildman–Crippen LogP) is 5.97. The van der Waals surface area contributed by atoms with E-state index in [2.05, 4.69) is 34.2 Å². The first-order valence-electron chi connectivity index (χ1n) is 12.6. The van der Waals surface area contributed by atoms with Crippen molar-refractivity contribution >= 4 is 17.4 Å². The lowest BCUT2D eigenvalue weighted by atomic mass is 9.57. The van der Waals surface area contributed by atoms with Crippen LogP contribution in [0.4, 0.5) is 19.0 Å². The van der Waals surface area contributed by atoms with Gasteiger partial charge < -0.3 is 4.90 Å². The summed E-state index contributed by atoms with van der Waals surface area (Å²) in [7, 11) is 0. The van der Waals surface area contributed by atoms with Gasteiger partial charge in [-0.1, -0.05) is 11.6 Å². The van der Waals surface area contributed by atoms with Gasteiger partial charge in [-0.3, -0.25) is 9.47 Å². The number of halogens is 4. The van der Waals surface area contributed by atoms with E-state index in [1.54, 1.807) is 12.1 Å². The first kappa shape index (κ1) is 24.7. The zero-order chi connectivity index (χ0) is 26.3. The average Bonchev–Trinajstić information content (AvgIpc) is 3.05. The standard InChI is InChI=1S/C27H30ClF3N6/c1-16-7-17(2)32-22(8-16)35-14-26(15-35)10-19(11-26)24-34-33-23-13-36(25(3,4)27(29,30)31)12-18-9-20(28)5-6-21(18)37(23)24/h5-9,19H,10-15H2,1-4H3. The second-order valence-corrected chi connectivity index (χ2v) is 12.0. The number of rotatable bonds is 3. The minimum Gasteiger partial charge on any atom is -0.355 e. The zero-order valence-corrected chi connectivity index (χ0v) is 22.2. The highest BCUT2D eigenvalue weighted by atomic mass is 35.5. The van der Waals surface area contributed by atoms with Crippen LogP contribution in [-0.4, -0.2) is 49.5 Å². The van der Waals surface area contributed by atoms with Crippen LogP contribution >= 0.6 is 11.6 Å². The number of benzene rings is 1. The number of alkyl halides is 3. The summed E-state index contributed by atoms with van der Waals surface area (Å²) in [6, 6.07) is 9.63. The Labute approximate surface area is 219 Å². The predicted molar refractivity (Wildman–Crippen MR) is 136 cm³/mol. The molecule has 196 valence electrons. The Bertz CT molecular complexity index is 1350. The van der Waals surface area contributed by atoms with E-state index in [0.29, 0.717) is 10.8 Å². The molecule has 4 heterocycles. The van der Waals surface area contributed by atoms with E-state index >= 15 is 0 Å². The summed E-state index contributed by atoms with van der Waals surface area (Å²) in [6.45, 7) is 8.63. The maximum absolute atomic E-state index is 14.0. The van der Waals surface area contributed by atoms with E-state index in [1.807, 2.05) is 17.6 Å². The molecule has 2 aromatic heterocycles. The lowest BCUT2D eigenvalue weighted by molar-refractivity contribution is -0.224. The Morgan fingerprint density at radius 2 is 1.73 bits per heavy atom. The van der Waals surface area contributed by atoms with Gasteiger partial charge in [-0.15, -0.1) is 10.2 Å². The fourth-order valence-electron chi connectivity index (χ4n) is 6.20. The van der Waals surface area contributed by atoms with Gasteiger partial charge in [0.05, 0.1) is 12.2 Å². The van der Waals surface area contributed by atoms with Crippen LogP contribution in [0.1, 0.15) is 61.1 Å². The molecule has 0 unspecified atom stereocenters. The Morgan fingerprint density at radius 3 is 2.41 bits per heavy atom. The van der Waals surface area contributed by atoms with E-state index in [0.717, 1.165) is 54.5 Å². The number of anilines is 1. The molecule has 2 fully saturated rings. The molecule has 3 aliphatic rings. The summed E-state index contributed by atoms with van der Waals surface area (Å²) < 4.78 is 44.0. The largest absolute Gasteiger partial charge is 0.406 e. The van der Waals surface area contributed by atoms with Crippen molar-refractivity contribution in [3.63, 3.8) is 0 Å². The Balaban J connectivity index is 1.27. The van der Waals surface area contributed by atoms with Crippen LogP contribution < -0.4 is 4.90 Å². The third kappa shape index (κ3) is 4.02. The number of aryl methyl sites for hydroxylation is 2. The normalized spacial score (nSPS) is 19.7. The number of hydrogen-bond donors (Lipinski definition) is 0. The molecule has 10 heteroatoms. The van der Waals surface area contributed by atoms with E-state index in [-0.39, 0.29) is 24.4 Å². The van der Waals surface area contributed by atoms with Crippen LogP contribution in [0.2, 0.25) is 5.02 Å². The SMILES string of the molecule is Cc1cc(C)nc(N2CC3(CC(c4nnc5n4-c4ccc(Cl)cc4CN(C(C)(C)C(F)(F)F)C5)C3)C2)c1. The lowest BCUT2D eigenvalue weighted by Crippen LogP contribution is -2.62. The molecule has 1 saturated carbocycles. The molecule has 6 rings (SSSR count). The van der Waals surface area contributed by atoms with Crippen LogP contribution in [0.15, 0.2) is 30.3 Å². The van der Waals surface area contributed by atoms with E-state index < -0.39 is 11.7 Å². The molecule has 0 bridgehead atoms. The topological polar surface area (TPSA) is 50.1 Å². The van der Waals surface area contributed by atoms with Gasteiger partial charge in [0.15, 0.2) is 5.82 Å². The maximum atomic E-state index is 14.0. The number of aromatic nitrogens is 4. The summed E-state index contributed by atoms with van der Waals surface area (Å²) in [5.41, 5.74) is 1.99. The minimum atomic E-state index is -4.40. The molecule has 6 nitrogen and oxygen atoms in total. The molecule has 3 aromatic rings. The third-order valence-electron chi connectivity index (χ3n) is 8.40. The Kier molecular flexibility index (Phi) is 5.45. The Morgan fingerprint density at radius 1 is 1.00 bits per heavy atom. The van der Waals surface area contributed by atoms with Crippen molar-refractivity contribution in [3.8, 4) is 5.69 Å². The van der Waals surface area contributed by atoms with E-state index in [9.17, 15) is 13.2 Å². The fraction of sp³-hybridized carbons (Fsp3) is 0.519. The summed E-state index contributed by atoms with van der Waals surface area (Å²) >= 11 is 6.28. The van der Waals surface area contributed by atoms with Gasteiger partial charge in [0, 0.05) is 41.7 Å². The van der Waals surface area contributed by atoms with Crippen molar-refractivity contribution in [1.82, 2.24) is 24.6 Å². The van der Waals surface area contributed by atoms with Gasteiger partial charge in [0.25, 0.3) is 0 Å². The summed E-state index contributed by atoms with van der Waals surface area (Å²) in [6.07, 6.45) is -2.44. The molecule has 0 atom stereocenters. The maximum Gasteiger partial charge on any atom is 0.406 e. The first-order valence-corrected chi connectivity index (χ1v) is 13.0. The smallest absolute Gasteiger partial charge is 0.355 e. The van der Waals surface area contributed by atoms with Crippen molar-refractivity contribution < 1.29 is 13.2 Å². The molecule has 37 heavy (non-hydrogen) atoms. The number of nitrogens with zero attached hydrogens (tertiary/aromatic N) is 6. The fourth-order valence-corrected chi connectivity index (χ4v) is 6.39. The number of pyridine rings is 1. The van der Waals surface area contributed by atoms with Gasteiger partial charge in [-0.2, -0.15) is 13.2 Å². The summed E-state index contributed by atoms with van der Waals surface area (Å²) in [5.74, 6) is 2.60. The molecule has 2 aliphatic heterocycles. The Hall–Kier alpha value is -2.65. The van der Waals surface area contributed by atoms with Crippen molar-refractivity contribution in [1.29, 1.82) is 0 Å². The minimum absolute atomic E-state index is 0.0514. The average molecular weight is 531 g/mol. The van der Waals surface area contributed by atoms with Crippen molar-refractivity contribution in [3.05, 3.63) is 63.8 Å². The molecule has 0 N–H and O–H groups in total. The van der Waals surface area contributed by atoms with Gasteiger partial charge >= 0.3 is 6.18 Å².